The molecule has 0 aliphatic rings. The molecule has 0 fully saturated rings. The molecule has 0 aliphatic carbocycles. The largest absolute Gasteiger partial charge is 0.573 e. The van der Waals surface area contributed by atoms with Crippen molar-refractivity contribution < 1.29 is 31.4 Å². The van der Waals surface area contributed by atoms with Crippen molar-refractivity contribution in [3.05, 3.63) is 59.6 Å². The number of alkyl halides is 3. The summed E-state index contributed by atoms with van der Waals surface area (Å²) in [6, 6.07) is 11.8. The summed E-state index contributed by atoms with van der Waals surface area (Å²) in [7, 11) is -4.45. The number of aromatic hydroxyl groups is 1. The fourth-order valence-electron chi connectivity index (χ4n) is 2.49. The molecule has 0 bridgehead atoms. The number of nitrogens with one attached hydrogen (secondary N) is 1. The van der Waals surface area contributed by atoms with Gasteiger partial charge in [0, 0.05) is 10.8 Å². The average Bonchev–Trinajstić information content (AvgIpc) is 2.58. The van der Waals surface area contributed by atoms with E-state index >= 15 is 0 Å². The fourth-order valence-corrected chi connectivity index (χ4v) is 3.90. The number of halogens is 4. The van der Waals surface area contributed by atoms with Gasteiger partial charge in [0.15, 0.2) is 0 Å². The second kappa shape index (κ2) is 6.82. The maximum Gasteiger partial charge on any atom is 0.573 e. The van der Waals surface area contributed by atoms with Gasteiger partial charge in [0.25, 0.3) is 10.0 Å². The van der Waals surface area contributed by atoms with E-state index in [0.29, 0.717) is 5.39 Å². The van der Waals surface area contributed by atoms with Crippen LogP contribution in [0.15, 0.2) is 59.5 Å². The van der Waals surface area contributed by atoms with E-state index in [1.807, 2.05) is 0 Å². The lowest BCUT2D eigenvalue weighted by atomic mass is 10.1. The number of anilines is 1. The number of phenols is 1. The topological polar surface area (TPSA) is 75.6 Å². The second-order valence-corrected chi connectivity index (χ2v) is 7.46. The van der Waals surface area contributed by atoms with E-state index in [9.17, 15) is 26.7 Å². The van der Waals surface area contributed by atoms with Crippen LogP contribution in [0, 0.1) is 0 Å². The van der Waals surface area contributed by atoms with Crippen LogP contribution in [0.2, 0.25) is 5.02 Å². The third-order valence-electron chi connectivity index (χ3n) is 3.58. The van der Waals surface area contributed by atoms with Gasteiger partial charge in [-0.1, -0.05) is 48.0 Å². The normalized spacial score (nSPS) is 12.1. The lowest BCUT2D eigenvalue weighted by molar-refractivity contribution is -0.275. The molecule has 27 heavy (non-hydrogen) atoms. The third kappa shape index (κ3) is 4.04. The Kier molecular flexibility index (Phi) is 4.83. The monoisotopic (exact) mass is 417 g/mol. The number of sulfonamides is 1. The van der Waals surface area contributed by atoms with E-state index in [-0.39, 0.29) is 21.8 Å². The first-order valence-electron chi connectivity index (χ1n) is 7.36. The molecule has 0 atom stereocenters. The van der Waals surface area contributed by atoms with Gasteiger partial charge in [-0.05, 0) is 18.2 Å². The van der Waals surface area contributed by atoms with Gasteiger partial charge in [-0.15, -0.1) is 13.2 Å². The van der Waals surface area contributed by atoms with Crippen molar-refractivity contribution in [1.29, 1.82) is 0 Å². The summed E-state index contributed by atoms with van der Waals surface area (Å²) in [6.07, 6.45) is -5.06. The highest BCUT2D eigenvalue weighted by atomic mass is 35.5. The molecule has 0 heterocycles. The highest BCUT2D eigenvalue weighted by Crippen LogP contribution is 2.39. The smallest absolute Gasteiger partial charge is 0.506 e. The first-order chi connectivity index (χ1) is 12.6. The number of fused-ring (bicyclic) bond motifs is 1. The summed E-state index contributed by atoms with van der Waals surface area (Å²) in [5.41, 5.74) is -0.00443. The minimum absolute atomic E-state index is 0.00443. The van der Waals surface area contributed by atoms with E-state index in [2.05, 4.69) is 9.46 Å². The molecule has 5 nitrogen and oxygen atoms in total. The molecule has 0 amide bonds. The van der Waals surface area contributed by atoms with Gasteiger partial charge < -0.3 is 9.84 Å². The van der Waals surface area contributed by atoms with Crippen LogP contribution in [0.1, 0.15) is 0 Å². The molecule has 142 valence electrons. The lowest BCUT2D eigenvalue weighted by Gasteiger charge is -2.16. The second-order valence-electron chi connectivity index (χ2n) is 5.40. The summed E-state index contributed by atoms with van der Waals surface area (Å²) < 4.78 is 69.0. The lowest BCUT2D eigenvalue weighted by Crippen LogP contribution is -2.21. The zero-order valence-corrected chi connectivity index (χ0v) is 14.9. The average molecular weight is 418 g/mol. The summed E-state index contributed by atoms with van der Waals surface area (Å²) >= 11 is 5.93. The van der Waals surface area contributed by atoms with Crippen LogP contribution in [0.4, 0.5) is 18.9 Å². The van der Waals surface area contributed by atoms with E-state index in [1.54, 1.807) is 12.1 Å². The van der Waals surface area contributed by atoms with Gasteiger partial charge >= 0.3 is 6.36 Å². The number of ether oxygens (including phenoxy) is 1. The van der Waals surface area contributed by atoms with E-state index in [4.69, 9.17) is 11.6 Å². The number of benzene rings is 3. The molecular formula is C17H11ClF3NO4S. The molecule has 0 saturated carbocycles. The van der Waals surface area contributed by atoms with E-state index in [1.165, 1.54) is 30.3 Å². The van der Waals surface area contributed by atoms with Gasteiger partial charge in [-0.25, -0.2) is 8.42 Å². The fraction of sp³-hybridized carbons (Fsp3) is 0.0588. The summed E-state index contributed by atoms with van der Waals surface area (Å²) in [5, 5.41) is 10.5. The standard InChI is InChI=1S/C17H11ClF3NO4S/c18-12-9-13(10-5-1-2-6-11(10)16(12)23)22-27(24,25)15-8-4-3-7-14(15)26-17(19,20)21/h1-9,22-23H. The quantitative estimate of drug-likeness (QED) is 0.592. The molecule has 0 aliphatic heterocycles. The number of hydrogen-bond acceptors (Lipinski definition) is 4. The van der Waals surface area contributed by atoms with Gasteiger partial charge in [0.1, 0.15) is 16.4 Å². The first-order valence-corrected chi connectivity index (χ1v) is 9.22. The third-order valence-corrected chi connectivity index (χ3v) is 5.27. The summed E-state index contributed by atoms with van der Waals surface area (Å²) in [5.74, 6) is -1.11. The number of hydrogen-bond donors (Lipinski definition) is 2. The minimum atomic E-state index is -5.06. The van der Waals surface area contributed by atoms with Gasteiger partial charge in [0.2, 0.25) is 0 Å². The van der Waals surface area contributed by atoms with Crippen LogP contribution in [0.5, 0.6) is 11.5 Å². The molecule has 0 unspecified atom stereocenters. The Bertz CT molecular complexity index is 1120. The van der Waals surface area contributed by atoms with Crippen molar-refractivity contribution in [2.24, 2.45) is 0 Å². The molecule has 0 radical (unpaired) electrons. The Morgan fingerprint density at radius 3 is 2.26 bits per heavy atom. The maximum absolute atomic E-state index is 12.7. The molecule has 0 aromatic heterocycles. The number of phenolic OH excluding ortho intramolecular Hbond substituents is 1. The molecule has 2 N–H and O–H groups in total. The Morgan fingerprint density at radius 1 is 1.00 bits per heavy atom. The van der Waals surface area contributed by atoms with Crippen LogP contribution in [0.25, 0.3) is 10.8 Å². The minimum Gasteiger partial charge on any atom is -0.506 e. The van der Waals surface area contributed by atoms with Gasteiger partial charge in [-0.2, -0.15) is 0 Å². The van der Waals surface area contributed by atoms with Gasteiger partial charge in [0.05, 0.1) is 10.7 Å². The van der Waals surface area contributed by atoms with E-state index in [0.717, 1.165) is 12.1 Å². The molecule has 10 heteroatoms. The number of rotatable bonds is 4. The zero-order valence-electron chi connectivity index (χ0n) is 13.3. The molecule has 3 aromatic carbocycles. The summed E-state index contributed by atoms with van der Waals surface area (Å²) in [4.78, 5) is -0.699. The summed E-state index contributed by atoms with van der Waals surface area (Å²) in [6.45, 7) is 0. The predicted octanol–water partition coefficient (Wildman–Crippen LogP) is 4.90. The highest BCUT2D eigenvalue weighted by molar-refractivity contribution is 7.92. The Balaban J connectivity index is 2.10. The number of para-hydroxylation sites is 1. The van der Waals surface area contributed by atoms with Crippen molar-refractivity contribution in [3.8, 4) is 11.5 Å². The van der Waals surface area contributed by atoms with E-state index < -0.39 is 27.0 Å². The van der Waals surface area contributed by atoms with Crippen LogP contribution in [0.3, 0.4) is 0 Å². The molecule has 3 aromatic rings. The van der Waals surface area contributed by atoms with Crippen LogP contribution in [-0.2, 0) is 10.0 Å². The van der Waals surface area contributed by atoms with Crippen molar-refractivity contribution >= 4 is 38.1 Å². The molecule has 3 rings (SSSR count). The highest BCUT2D eigenvalue weighted by Gasteiger charge is 2.34. The van der Waals surface area contributed by atoms with Crippen LogP contribution >= 0.6 is 11.6 Å². The first kappa shape index (κ1) is 19.1. The van der Waals surface area contributed by atoms with Crippen molar-refractivity contribution in [2.45, 2.75) is 11.3 Å². The van der Waals surface area contributed by atoms with Crippen LogP contribution in [-0.4, -0.2) is 19.9 Å². The van der Waals surface area contributed by atoms with Crippen molar-refractivity contribution in [2.75, 3.05) is 4.72 Å². The van der Waals surface area contributed by atoms with Gasteiger partial charge in [-0.3, -0.25) is 4.72 Å². The van der Waals surface area contributed by atoms with Crippen LogP contribution < -0.4 is 9.46 Å². The Hall–Kier alpha value is -2.65. The molecular weight excluding hydrogens is 407 g/mol. The Morgan fingerprint density at radius 2 is 1.59 bits per heavy atom. The van der Waals surface area contributed by atoms with Crippen molar-refractivity contribution in [3.63, 3.8) is 0 Å². The molecule has 0 spiro atoms. The molecule has 0 saturated heterocycles. The Labute approximate surface area is 157 Å². The maximum atomic E-state index is 12.7. The predicted molar refractivity (Wildman–Crippen MR) is 94.6 cm³/mol. The zero-order chi connectivity index (χ0) is 19.8. The van der Waals surface area contributed by atoms with Crippen molar-refractivity contribution in [1.82, 2.24) is 0 Å². The SMILES string of the molecule is O=S(=O)(Nc1cc(Cl)c(O)c2ccccc12)c1ccccc1OC(F)(F)F.